The van der Waals surface area contributed by atoms with Gasteiger partial charge in [-0.3, -0.25) is 4.72 Å². The van der Waals surface area contributed by atoms with E-state index in [4.69, 9.17) is 0 Å². The van der Waals surface area contributed by atoms with Crippen molar-refractivity contribution in [3.8, 4) is 0 Å². The van der Waals surface area contributed by atoms with Crippen molar-refractivity contribution >= 4 is 23.6 Å². The molecule has 5 heteroatoms. The number of hydrogen-bond donors (Lipinski definition) is 2. The van der Waals surface area contributed by atoms with Crippen LogP contribution in [0.5, 0.6) is 0 Å². The molecule has 0 aromatic heterocycles. The monoisotopic (exact) mass is 391 g/mol. The van der Waals surface area contributed by atoms with Crippen molar-refractivity contribution in [2.75, 3.05) is 5.32 Å². The first-order valence-electron chi connectivity index (χ1n) is 9.26. The number of nitrogens with one attached hydrogen (secondary N) is 2. The number of anilines is 1. The molecule has 28 heavy (non-hydrogen) atoms. The normalized spacial score (nSPS) is 14.3. The first kappa shape index (κ1) is 18.6. The number of fused-ring (bicyclic) bond motifs is 1. The van der Waals surface area contributed by atoms with E-state index in [1.807, 2.05) is 6.07 Å². The van der Waals surface area contributed by atoms with Crippen molar-refractivity contribution in [3.63, 3.8) is 0 Å². The molecule has 2 N–H and O–H groups in total. The molecule has 142 valence electrons. The van der Waals surface area contributed by atoms with E-state index in [1.165, 1.54) is 40.3 Å². The molecule has 0 unspecified atom stereocenters. The zero-order valence-corrected chi connectivity index (χ0v) is 16.7. The van der Waals surface area contributed by atoms with Gasteiger partial charge in [-0.05, 0) is 60.2 Å². The van der Waals surface area contributed by atoms with E-state index in [0.717, 1.165) is 17.0 Å². The maximum absolute atomic E-state index is 13.8. The van der Waals surface area contributed by atoms with Crippen LogP contribution in [0.1, 0.15) is 27.8 Å². The standard InChI is InChI=1S/C23H22FN3S/c1-15-7-5-8-16(2)19(15)13-17-10-6-12-21-22(17)26-23(27-28-21)25-14-18-9-3-4-11-20(18)24/h3-12H,13-14H2,1-2H3,(H2,25,26,27). The summed E-state index contributed by atoms with van der Waals surface area (Å²) >= 11 is 1.53. The lowest BCUT2D eigenvalue weighted by Crippen LogP contribution is -2.30. The second kappa shape index (κ2) is 8.07. The summed E-state index contributed by atoms with van der Waals surface area (Å²) in [7, 11) is 0. The zero-order valence-electron chi connectivity index (χ0n) is 15.9. The van der Waals surface area contributed by atoms with E-state index in [0.29, 0.717) is 11.5 Å². The third-order valence-electron chi connectivity index (χ3n) is 4.99. The summed E-state index contributed by atoms with van der Waals surface area (Å²) in [6.07, 6.45) is 0.857. The molecule has 0 radical (unpaired) electrons. The minimum Gasteiger partial charge on any atom is -0.324 e. The number of nitrogens with zero attached hydrogens (tertiary/aromatic N) is 1. The van der Waals surface area contributed by atoms with Crippen LogP contribution in [0.2, 0.25) is 0 Å². The Morgan fingerprint density at radius 2 is 1.61 bits per heavy atom. The van der Waals surface area contributed by atoms with Crippen molar-refractivity contribution in [1.82, 2.24) is 4.72 Å². The number of aliphatic imine (C=N–C) groups is 1. The summed E-state index contributed by atoms with van der Waals surface area (Å²) in [5.41, 5.74) is 6.83. The molecule has 0 fully saturated rings. The summed E-state index contributed by atoms with van der Waals surface area (Å²) in [4.78, 5) is 5.66. The molecular weight excluding hydrogens is 369 g/mol. The molecule has 3 nitrogen and oxygen atoms in total. The molecule has 0 saturated heterocycles. The molecule has 1 heterocycles. The SMILES string of the molecule is Cc1cccc(C)c1Cc1cccc2c1NC(=NCc1ccccc1F)NS2. The Bertz CT molecular complexity index is 1030. The van der Waals surface area contributed by atoms with Gasteiger partial charge in [0, 0.05) is 12.0 Å². The molecule has 0 saturated carbocycles. The fourth-order valence-corrected chi connectivity index (χ4v) is 4.13. The van der Waals surface area contributed by atoms with Gasteiger partial charge in [0.2, 0.25) is 5.96 Å². The maximum Gasteiger partial charge on any atom is 0.206 e. The van der Waals surface area contributed by atoms with Crippen molar-refractivity contribution in [3.05, 3.63) is 94.3 Å². The van der Waals surface area contributed by atoms with Crippen LogP contribution in [0.25, 0.3) is 0 Å². The average molecular weight is 392 g/mol. The van der Waals surface area contributed by atoms with Gasteiger partial charge in [0.05, 0.1) is 17.1 Å². The number of benzene rings is 3. The summed E-state index contributed by atoms with van der Waals surface area (Å²) < 4.78 is 17.1. The molecule has 0 atom stereocenters. The summed E-state index contributed by atoms with van der Waals surface area (Å²) in [5.74, 6) is 0.418. The smallest absolute Gasteiger partial charge is 0.206 e. The summed E-state index contributed by atoms with van der Waals surface area (Å²) in [6.45, 7) is 4.60. The number of hydrogen-bond acceptors (Lipinski definition) is 2. The molecule has 0 spiro atoms. The number of para-hydroxylation sites is 1. The third kappa shape index (κ3) is 3.90. The largest absolute Gasteiger partial charge is 0.324 e. The van der Waals surface area contributed by atoms with Crippen LogP contribution in [-0.2, 0) is 13.0 Å². The van der Waals surface area contributed by atoms with Gasteiger partial charge in [-0.1, -0.05) is 48.5 Å². The fraction of sp³-hybridized carbons (Fsp3) is 0.174. The Morgan fingerprint density at radius 1 is 0.893 bits per heavy atom. The second-order valence-corrected chi connectivity index (χ2v) is 7.77. The van der Waals surface area contributed by atoms with Crippen molar-refractivity contribution in [2.45, 2.75) is 31.7 Å². The topological polar surface area (TPSA) is 36.4 Å². The van der Waals surface area contributed by atoms with Gasteiger partial charge in [-0.15, -0.1) is 0 Å². The molecule has 3 aromatic rings. The second-order valence-electron chi connectivity index (χ2n) is 6.92. The molecule has 1 aliphatic rings. The van der Waals surface area contributed by atoms with Crippen molar-refractivity contribution in [2.24, 2.45) is 4.99 Å². The number of rotatable bonds is 4. The Labute approximate surface area is 169 Å². The highest BCUT2D eigenvalue weighted by Gasteiger charge is 2.18. The van der Waals surface area contributed by atoms with E-state index in [2.05, 4.69) is 65.3 Å². The van der Waals surface area contributed by atoms with Crippen molar-refractivity contribution in [1.29, 1.82) is 0 Å². The minimum atomic E-state index is -0.230. The van der Waals surface area contributed by atoms with Gasteiger partial charge in [0.25, 0.3) is 0 Å². The Balaban J connectivity index is 1.59. The van der Waals surface area contributed by atoms with Gasteiger partial charge >= 0.3 is 0 Å². The highest BCUT2D eigenvalue weighted by molar-refractivity contribution is 7.98. The van der Waals surface area contributed by atoms with E-state index >= 15 is 0 Å². The van der Waals surface area contributed by atoms with Crippen LogP contribution in [-0.4, -0.2) is 5.96 Å². The van der Waals surface area contributed by atoms with E-state index in [-0.39, 0.29) is 12.4 Å². The van der Waals surface area contributed by atoms with Crippen LogP contribution >= 0.6 is 11.9 Å². The van der Waals surface area contributed by atoms with E-state index in [1.54, 1.807) is 12.1 Å². The van der Waals surface area contributed by atoms with Crippen LogP contribution in [0.15, 0.2) is 70.6 Å². The fourth-order valence-electron chi connectivity index (χ4n) is 3.38. The van der Waals surface area contributed by atoms with E-state index in [9.17, 15) is 4.39 Å². The number of guanidine groups is 1. The van der Waals surface area contributed by atoms with Crippen molar-refractivity contribution < 1.29 is 4.39 Å². The average Bonchev–Trinajstić information content (AvgIpc) is 2.70. The molecule has 0 amide bonds. The lowest BCUT2D eigenvalue weighted by molar-refractivity contribution is 0.611. The van der Waals surface area contributed by atoms with Gasteiger partial charge < -0.3 is 5.32 Å². The lowest BCUT2D eigenvalue weighted by atomic mass is 9.95. The predicted octanol–water partition coefficient (Wildman–Crippen LogP) is 5.61. The number of aryl methyl sites for hydroxylation is 2. The molecule has 3 aromatic carbocycles. The van der Waals surface area contributed by atoms with Gasteiger partial charge in [0.15, 0.2) is 0 Å². The quantitative estimate of drug-likeness (QED) is 0.568. The Morgan fingerprint density at radius 3 is 2.39 bits per heavy atom. The van der Waals surface area contributed by atoms with Crippen LogP contribution in [0.4, 0.5) is 10.1 Å². The van der Waals surface area contributed by atoms with E-state index < -0.39 is 0 Å². The minimum absolute atomic E-state index is 0.230. The van der Waals surface area contributed by atoms with Gasteiger partial charge in [-0.25, -0.2) is 9.38 Å². The molecular formula is C23H22FN3S. The molecule has 1 aliphatic heterocycles. The van der Waals surface area contributed by atoms with Gasteiger partial charge in [-0.2, -0.15) is 0 Å². The van der Waals surface area contributed by atoms with Gasteiger partial charge in [0.1, 0.15) is 5.82 Å². The third-order valence-corrected chi connectivity index (χ3v) is 5.85. The molecule has 0 aliphatic carbocycles. The first-order chi connectivity index (χ1) is 13.6. The van der Waals surface area contributed by atoms with Crippen LogP contribution < -0.4 is 10.0 Å². The van der Waals surface area contributed by atoms with Crippen LogP contribution in [0, 0.1) is 19.7 Å². The van der Waals surface area contributed by atoms with Crippen LogP contribution in [0.3, 0.4) is 0 Å². The zero-order chi connectivity index (χ0) is 19.5. The highest BCUT2D eigenvalue weighted by Crippen LogP contribution is 2.34. The summed E-state index contributed by atoms with van der Waals surface area (Å²) in [6, 6.07) is 19.5. The summed E-state index contributed by atoms with van der Waals surface area (Å²) in [5, 5.41) is 3.41. The Kier molecular flexibility index (Phi) is 5.35. The lowest BCUT2D eigenvalue weighted by Gasteiger charge is -2.23. The number of halogens is 1. The predicted molar refractivity (Wildman–Crippen MR) is 115 cm³/mol. The first-order valence-corrected chi connectivity index (χ1v) is 10.1. The highest BCUT2D eigenvalue weighted by atomic mass is 32.2. The Hall–Kier alpha value is -2.79. The maximum atomic E-state index is 13.8. The molecule has 4 rings (SSSR count). The molecule has 0 bridgehead atoms.